The van der Waals surface area contributed by atoms with E-state index in [2.05, 4.69) is 27.9 Å². The van der Waals surface area contributed by atoms with Crippen LogP contribution in [0.2, 0.25) is 0 Å². The third-order valence-electron chi connectivity index (χ3n) is 3.74. The molecule has 1 aromatic carbocycles. The first-order chi connectivity index (χ1) is 9.20. The monoisotopic (exact) mass is 253 g/mol. The molecule has 19 heavy (non-hydrogen) atoms. The molecule has 0 spiro atoms. The van der Waals surface area contributed by atoms with Crippen molar-refractivity contribution in [1.29, 1.82) is 5.26 Å². The van der Waals surface area contributed by atoms with Crippen molar-refractivity contribution in [3.63, 3.8) is 0 Å². The van der Waals surface area contributed by atoms with Gasteiger partial charge in [-0.1, -0.05) is 6.92 Å². The Morgan fingerprint density at radius 3 is 2.63 bits per heavy atom. The van der Waals surface area contributed by atoms with Gasteiger partial charge in [0.25, 0.3) is 0 Å². The summed E-state index contributed by atoms with van der Waals surface area (Å²) in [5.74, 6) is 0.461. The number of aromatic nitrogens is 2. The zero-order valence-electron chi connectivity index (χ0n) is 10.7. The second-order valence-corrected chi connectivity index (χ2v) is 5.04. The summed E-state index contributed by atoms with van der Waals surface area (Å²) in [6.45, 7) is 3.89. The highest BCUT2D eigenvalue weighted by atomic mass is 15.2. The molecular formula is C14H15N5. The highest BCUT2D eigenvalue weighted by Gasteiger charge is 2.28. The number of hydrogen-bond donors (Lipinski definition) is 1. The van der Waals surface area contributed by atoms with Crippen LogP contribution in [0.4, 0.5) is 5.69 Å². The first-order valence-corrected chi connectivity index (χ1v) is 6.35. The van der Waals surface area contributed by atoms with E-state index in [1.165, 1.54) is 0 Å². The molecule has 0 bridgehead atoms. The maximum absolute atomic E-state index is 9.12. The van der Waals surface area contributed by atoms with E-state index in [4.69, 9.17) is 11.0 Å². The standard InChI is InChI=1S/C14H15N5/c1-9-7-19(8-11(9)16)12-3-2-10(6-15)13-14(12)18-5-4-17-13/h2-5,9,11H,7-8,16H2,1H3. The summed E-state index contributed by atoms with van der Waals surface area (Å²) in [5, 5.41) is 9.12. The second kappa shape index (κ2) is 4.48. The highest BCUT2D eigenvalue weighted by molar-refractivity contribution is 5.92. The molecule has 96 valence electrons. The average molecular weight is 253 g/mol. The molecule has 0 saturated carbocycles. The van der Waals surface area contributed by atoms with E-state index in [0.29, 0.717) is 17.0 Å². The topological polar surface area (TPSA) is 78.8 Å². The third-order valence-corrected chi connectivity index (χ3v) is 3.74. The van der Waals surface area contributed by atoms with Crippen LogP contribution in [0.25, 0.3) is 11.0 Å². The van der Waals surface area contributed by atoms with Gasteiger partial charge >= 0.3 is 0 Å². The smallest absolute Gasteiger partial charge is 0.113 e. The average Bonchev–Trinajstić information content (AvgIpc) is 2.77. The van der Waals surface area contributed by atoms with Crippen LogP contribution in [0.1, 0.15) is 12.5 Å². The number of fused-ring (bicyclic) bond motifs is 1. The Hall–Kier alpha value is -2.19. The van der Waals surface area contributed by atoms with Crippen molar-refractivity contribution in [2.75, 3.05) is 18.0 Å². The summed E-state index contributed by atoms with van der Waals surface area (Å²) in [7, 11) is 0. The molecule has 0 amide bonds. The van der Waals surface area contributed by atoms with Gasteiger partial charge in [0.15, 0.2) is 0 Å². The summed E-state index contributed by atoms with van der Waals surface area (Å²) >= 11 is 0. The molecule has 0 radical (unpaired) electrons. The number of rotatable bonds is 1. The molecule has 5 nitrogen and oxygen atoms in total. The number of anilines is 1. The van der Waals surface area contributed by atoms with Gasteiger partial charge in [-0.2, -0.15) is 5.26 Å². The molecule has 2 heterocycles. The molecule has 1 aliphatic rings. The lowest BCUT2D eigenvalue weighted by Gasteiger charge is -2.19. The van der Waals surface area contributed by atoms with Crippen LogP contribution in [-0.4, -0.2) is 29.1 Å². The minimum Gasteiger partial charge on any atom is -0.368 e. The first-order valence-electron chi connectivity index (χ1n) is 6.35. The van der Waals surface area contributed by atoms with Gasteiger partial charge in [-0.15, -0.1) is 0 Å². The van der Waals surface area contributed by atoms with Gasteiger partial charge in [0.1, 0.15) is 17.1 Å². The molecule has 2 atom stereocenters. The van der Waals surface area contributed by atoms with Crippen LogP contribution in [-0.2, 0) is 0 Å². The normalized spacial score (nSPS) is 22.7. The Labute approximate surface area is 111 Å². The third kappa shape index (κ3) is 1.90. The van der Waals surface area contributed by atoms with Crippen molar-refractivity contribution in [2.45, 2.75) is 13.0 Å². The van der Waals surface area contributed by atoms with Crippen molar-refractivity contribution in [1.82, 2.24) is 9.97 Å². The van der Waals surface area contributed by atoms with Crippen LogP contribution in [0, 0.1) is 17.2 Å². The predicted molar refractivity (Wildman–Crippen MR) is 73.6 cm³/mol. The van der Waals surface area contributed by atoms with Gasteiger partial charge in [-0.05, 0) is 18.1 Å². The van der Waals surface area contributed by atoms with E-state index in [9.17, 15) is 0 Å². The summed E-state index contributed by atoms with van der Waals surface area (Å²) in [6.07, 6.45) is 3.28. The van der Waals surface area contributed by atoms with Crippen LogP contribution >= 0.6 is 0 Å². The number of benzene rings is 1. The lowest BCUT2D eigenvalue weighted by Crippen LogP contribution is -2.28. The molecule has 2 unspecified atom stereocenters. The Morgan fingerprint density at radius 1 is 1.26 bits per heavy atom. The Bertz CT molecular complexity index is 650. The fourth-order valence-corrected chi connectivity index (χ4v) is 2.58. The molecule has 1 aromatic heterocycles. The number of nitrogens with zero attached hydrogens (tertiary/aromatic N) is 4. The maximum Gasteiger partial charge on any atom is 0.113 e. The quantitative estimate of drug-likeness (QED) is 0.828. The molecule has 1 aliphatic heterocycles. The number of hydrogen-bond acceptors (Lipinski definition) is 5. The van der Waals surface area contributed by atoms with Gasteiger partial charge in [0, 0.05) is 31.5 Å². The van der Waals surface area contributed by atoms with Crippen molar-refractivity contribution >= 4 is 16.7 Å². The molecule has 1 fully saturated rings. The molecule has 3 rings (SSSR count). The van der Waals surface area contributed by atoms with Crippen molar-refractivity contribution in [2.24, 2.45) is 11.7 Å². The van der Waals surface area contributed by atoms with E-state index in [1.807, 2.05) is 6.07 Å². The Kier molecular flexibility index (Phi) is 2.80. The minimum atomic E-state index is 0.183. The van der Waals surface area contributed by atoms with Gasteiger partial charge in [0.2, 0.25) is 0 Å². The molecule has 5 heteroatoms. The van der Waals surface area contributed by atoms with Crippen LogP contribution < -0.4 is 10.6 Å². The van der Waals surface area contributed by atoms with Crippen LogP contribution in [0.5, 0.6) is 0 Å². The first kappa shape index (κ1) is 11.9. The fraction of sp³-hybridized carbons (Fsp3) is 0.357. The lowest BCUT2D eigenvalue weighted by molar-refractivity contribution is 0.566. The van der Waals surface area contributed by atoms with Crippen LogP contribution in [0.15, 0.2) is 24.5 Å². The number of nitrogens with two attached hydrogens (primary N) is 1. The van der Waals surface area contributed by atoms with Crippen molar-refractivity contribution in [3.05, 3.63) is 30.1 Å². The van der Waals surface area contributed by atoms with E-state index < -0.39 is 0 Å². The molecule has 0 aliphatic carbocycles. The summed E-state index contributed by atoms with van der Waals surface area (Å²) in [5.41, 5.74) is 9.09. The van der Waals surface area contributed by atoms with E-state index in [0.717, 1.165) is 24.3 Å². The van der Waals surface area contributed by atoms with E-state index in [1.54, 1.807) is 18.5 Å². The van der Waals surface area contributed by atoms with Gasteiger partial charge in [-0.3, -0.25) is 9.97 Å². The molecule has 2 N–H and O–H groups in total. The van der Waals surface area contributed by atoms with E-state index >= 15 is 0 Å². The largest absolute Gasteiger partial charge is 0.368 e. The molecule has 2 aromatic rings. The van der Waals surface area contributed by atoms with Gasteiger partial charge < -0.3 is 10.6 Å². The second-order valence-electron chi connectivity index (χ2n) is 5.04. The van der Waals surface area contributed by atoms with E-state index in [-0.39, 0.29) is 6.04 Å². The zero-order valence-corrected chi connectivity index (χ0v) is 10.7. The summed E-state index contributed by atoms with van der Waals surface area (Å²) in [4.78, 5) is 10.9. The fourth-order valence-electron chi connectivity index (χ4n) is 2.58. The van der Waals surface area contributed by atoms with Gasteiger partial charge in [0.05, 0.1) is 11.3 Å². The number of nitriles is 1. The van der Waals surface area contributed by atoms with Crippen LogP contribution in [0.3, 0.4) is 0 Å². The summed E-state index contributed by atoms with van der Waals surface area (Å²) < 4.78 is 0. The molecular weight excluding hydrogens is 238 g/mol. The lowest BCUT2D eigenvalue weighted by atomic mass is 10.1. The summed E-state index contributed by atoms with van der Waals surface area (Å²) in [6, 6.07) is 6.09. The van der Waals surface area contributed by atoms with Gasteiger partial charge in [-0.25, -0.2) is 0 Å². The zero-order chi connectivity index (χ0) is 13.4. The van der Waals surface area contributed by atoms with Crippen molar-refractivity contribution < 1.29 is 0 Å². The minimum absolute atomic E-state index is 0.183. The maximum atomic E-state index is 9.12. The Balaban J connectivity index is 2.13. The molecule has 1 saturated heterocycles. The Morgan fingerprint density at radius 2 is 2.00 bits per heavy atom. The predicted octanol–water partition coefficient (Wildman–Crippen LogP) is 1.28. The SMILES string of the molecule is CC1CN(c2ccc(C#N)c3nccnc23)CC1N. The van der Waals surface area contributed by atoms with Crippen molar-refractivity contribution in [3.8, 4) is 6.07 Å². The highest BCUT2D eigenvalue weighted by Crippen LogP contribution is 2.29.